The smallest absolute Gasteiger partial charge is 0.354 e. The van der Waals surface area contributed by atoms with Crippen molar-refractivity contribution in [2.45, 2.75) is 19.9 Å². The van der Waals surface area contributed by atoms with Crippen molar-refractivity contribution in [3.63, 3.8) is 0 Å². The molecule has 1 heterocycles. The second kappa shape index (κ2) is 7.00. The number of likely N-dealkylation sites (N-methyl/N-ethyl adjacent to an activating group) is 2. The Morgan fingerprint density at radius 2 is 1.90 bits per heavy atom. The number of hydrogen-bond donors (Lipinski definition) is 1. The van der Waals surface area contributed by atoms with Crippen LogP contribution < -0.4 is 0 Å². The fourth-order valence-electron chi connectivity index (χ4n) is 2.10. The summed E-state index contributed by atoms with van der Waals surface area (Å²) in [5.74, 6) is -1.38. The quantitative estimate of drug-likeness (QED) is 0.846. The number of amides is 1. The highest BCUT2D eigenvalue weighted by Crippen LogP contribution is 2.08. The first-order valence-corrected chi connectivity index (χ1v) is 6.52. The van der Waals surface area contributed by atoms with Gasteiger partial charge in [-0.25, -0.2) is 9.78 Å². The molecule has 1 N–H and O–H groups in total. The van der Waals surface area contributed by atoms with Crippen LogP contribution in [0.15, 0.2) is 18.2 Å². The van der Waals surface area contributed by atoms with E-state index in [2.05, 4.69) is 4.98 Å². The van der Waals surface area contributed by atoms with Gasteiger partial charge in [0, 0.05) is 19.1 Å². The first-order valence-electron chi connectivity index (χ1n) is 6.52. The van der Waals surface area contributed by atoms with Crippen LogP contribution in [0.2, 0.25) is 0 Å². The van der Waals surface area contributed by atoms with Crippen molar-refractivity contribution >= 4 is 11.9 Å². The van der Waals surface area contributed by atoms with Crippen molar-refractivity contribution < 1.29 is 14.7 Å². The van der Waals surface area contributed by atoms with Crippen LogP contribution in [0.5, 0.6) is 0 Å². The van der Waals surface area contributed by atoms with E-state index in [1.54, 1.807) is 11.0 Å². The molecule has 1 amide bonds. The molecule has 1 aromatic heterocycles. The Balaban J connectivity index is 2.96. The molecule has 20 heavy (non-hydrogen) atoms. The van der Waals surface area contributed by atoms with Crippen LogP contribution in [0.25, 0.3) is 0 Å². The summed E-state index contributed by atoms with van der Waals surface area (Å²) in [6.45, 7) is 5.14. The van der Waals surface area contributed by atoms with E-state index < -0.39 is 5.97 Å². The molecule has 0 aliphatic heterocycles. The SMILES string of the molecule is CCN(C(=O)c1cccc(C(=O)O)n1)C(C)CN(C)C. The molecule has 0 saturated heterocycles. The normalized spacial score (nSPS) is 12.2. The van der Waals surface area contributed by atoms with Gasteiger partial charge in [0.15, 0.2) is 0 Å². The van der Waals surface area contributed by atoms with Crippen LogP contribution in [0, 0.1) is 0 Å². The van der Waals surface area contributed by atoms with E-state index in [1.807, 2.05) is 32.8 Å². The topological polar surface area (TPSA) is 73.7 Å². The zero-order chi connectivity index (χ0) is 15.3. The van der Waals surface area contributed by atoms with Crippen molar-refractivity contribution in [2.24, 2.45) is 0 Å². The average Bonchev–Trinajstić information content (AvgIpc) is 2.38. The van der Waals surface area contributed by atoms with Crippen LogP contribution in [-0.4, -0.2) is 65.0 Å². The molecule has 1 aromatic rings. The summed E-state index contributed by atoms with van der Waals surface area (Å²) in [6, 6.07) is 4.48. The molecule has 1 rings (SSSR count). The Labute approximate surface area is 119 Å². The second-order valence-corrected chi connectivity index (χ2v) is 4.92. The Morgan fingerprint density at radius 3 is 2.40 bits per heavy atom. The Kier molecular flexibility index (Phi) is 5.64. The predicted octanol–water partition coefficient (Wildman–Crippen LogP) is 1.19. The van der Waals surface area contributed by atoms with Gasteiger partial charge >= 0.3 is 5.97 Å². The minimum atomic E-state index is -1.14. The molecule has 110 valence electrons. The number of carbonyl (C=O) groups is 2. The van der Waals surface area contributed by atoms with Crippen LogP contribution in [0.1, 0.15) is 34.8 Å². The maximum atomic E-state index is 12.4. The summed E-state index contributed by atoms with van der Waals surface area (Å²) in [5.41, 5.74) is 0.0459. The number of hydrogen-bond acceptors (Lipinski definition) is 4. The Hall–Kier alpha value is -1.95. The van der Waals surface area contributed by atoms with Gasteiger partial charge in [0.1, 0.15) is 11.4 Å². The van der Waals surface area contributed by atoms with Gasteiger partial charge in [-0.1, -0.05) is 6.07 Å². The largest absolute Gasteiger partial charge is 0.477 e. The predicted molar refractivity (Wildman–Crippen MR) is 75.9 cm³/mol. The van der Waals surface area contributed by atoms with Crippen molar-refractivity contribution in [2.75, 3.05) is 27.2 Å². The molecule has 0 aliphatic rings. The molecule has 0 bridgehead atoms. The summed E-state index contributed by atoms with van der Waals surface area (Å²) in [7, 11) is 3.89. The molecule has 6 heteroatoms. The third-order valence-corrected chi connectivity index (χ3v) is 2.95. The fourth-order valence-corrected chi connectivity index (χ4v) is 2.10. The second-order valence-electron chi connectivity index (χ2n) is 4.92. The Bertz CT molecular complexity index is 488. The maximum Gasteiger partial charge on any atom is 0.354 e. The van der Waals surface area contributed by atoms with Gasteiger partial charge in [0.2, 0.25) is 0 Å². The maximum absolute atomic E-state index is 12.4. The number of aromatic nitrogens is 1. The fraction of sp³-hybridized carbons (Fsp3) is 0.500. The van der Waals surface area contributed by atoms with Crippen molar-refractivity contribution in [1.29, 1.82) is 0 Å². The van der Waals surface area contributed by atoms with Crippen LogP contribution >= 0.6 is 0 Å². The summed E-state index contributed by atoms with van der Waals surface area (Å²) in [6.07, 6.45) is 0. The van der Waals surface area contributed by atoms with E-state index in [-0.39, 0.29) is 23.3 Å². The lowest BCUT2D eigenvalue weighted by Gasteiger charge is -2.29. The van der Waals surface area contributed by atoms with E-state index in [9.17, 15) is 9.59 Å². The Morgan fingerprint density at radius 1 is 1.30 bits per heavy atom. The highest BCUT2D eigenvalue weighted by molar-refractivity contribution is 5.94. The molecular formula is C14H21N3O3. The van der Waals surface area contributed by atoms with Crippen molar-refractivity contribution in [1.82, 2.24) is 14.8 Å². The number of aromatic carboxylic acids is 1. The molecule has 1 atom stereocenters. The standard InChI is InChI=1S/C14H21N3O3/c1-5-17(10(2)9-16(3)4)13(18)11-7-6-8-12(15-11)14(19)20/h6-8,10H,5,9H2,1-4H3,(H,19,20). The third kappa shape index (κ3) is 4.03. The van der Waals surface area contributed by atoms with Gasteiger partial charge in [0.05, 0.1) is 0 Å². The lowest BCUT2D eigenvalue weighted by Crippen LogP contribution is -2.44. The zero-order valence-electron chi connectivity index (χ0n) is 12.3. The molecular weight excluding hydrogens is 258 g/mol. The molecule has 6 nitrogen and oxygen atoms in total. The monoisotopic (exact) mass is 279 g/mol. The number of carboxylic acids is 1. The van der Waals surface area contributed by atoms with Gasteiger partial charge in [-0.15, -0.1) is 0 Å². The lowest BCUT2D eigenvalue weighted by atomic mass is 10.2. The molecule has 1 unspecified atom stereocenters. The minimum absolute atomic E-state index is 0.0257. The van der Waals surface area contributed by atoms with Gasteiger partial charge in [-0.3, -0.25) is 4.79 Å². The van der Waals surface area contributed by atoms with Crippen LogP contribution in [0.3, 0.4) is 0 Å². The lowest BCUT2D eigenvalue weighted by molar-refractivity contribution is 0.0671. The number of nitrogens with zero attached hydrogens (tertiary/aromatic N) is 3. The summed E-state index contributed by atoms with van der Waals surface area (Å²) in [5, 5.41) is 8.92. The molecule has 0 aliphatic carbocycles. The molecule has 0 aromatic carbocycles. The number of pyridine rings is 1. The summed E-state index contributed by atoms with van der Waals surface area (Å²) >= 11 is 0. The minimum Gasteiger partial charge on any atom is -0.477 e. The number of carboxylic acid groups (broad SMARTS) is 1. The third-order valence-electron chi connectivity index (χ3n) is 2.95. The summed E-state index contributed by atoms with van der Waals surface area (Å²) in [4.78, 5) is 30.9. The molecule has 0 saturated carbocycles. The van der Waals surface area contributed by atoms with E-state index >= 15 is 0 Å². The van der Waals surface area contributed by atoms with Crippen LogP contribution in [-0.2, 0) is 0 Å². The first kappa shape index (κ1) is 16.1. The van der Waals surface area contributed by atoms with Gasteiger partial charge in [-0.05, 0) is 40.1 Å². The highest BCUT2D eigenvalue weighted by atomic mass is 16.4. The zero-order valence-corrected chi connectivity index (χ0v) is 12.3. The molecule has 0 radical (unpaired) electrons. The van der Waals surface area contributed by atoms with E-state index in [0.717, 1.165) is 6.54 Å². The number of rotatable bonds is 6. The van der Waals surface area contributed by atoms with Gasteiger partial charge < -0.3 is 14.9 Å². The average molecular weight is 279 g/mol. The summed E-state index contributed by atoms with van der Waals surface area (Å²) < 4.78 is 0. The van der Waals surface area contributed by atoms with Gasteiger partial charge in [0.25, 0.3) is 5.91 Å². The number of carbonyl (C=O) groups excluding carboxylic acids is 1. The molecule has 0 spiro atoms. The first-order chi connectivity index (χ1) is 9.36. The van der Waals surface area contributed by atoms with Gasteiger partial charge in [-0.2, -0.15) is 0 Å². The van der Waals surface area contributed by atoms with Crippen molar-refractivity contribution in [3.8, 4) is 0 Å². The van der Waals surface area contributed by atoms with E-state index in [0.29, 0.717) is 6.54 Å². The van der Waals surface area contributed by atoms with Crippen molar-refractivity contribution in [3.05, 3.63) is 29.6 Å². The van der Waals surface area contributed by atoms with E-state index in [4.69, 9.17) is 5.11 Å². The molecule has 0 fully saturated rings. The van der Waals surface area contributed by atoms with Crippen LogP contribution in [0.4, 0.5) is 0 Å². The van der Waals surface area contributed by atoms with E-state index in [1.165, 1.54) is 12.1 Å². The highest BCUT2D eigenvalue weighted by Gasteiger charge is 2.22.